The number of hydrogen-bond donors (Lipinski definition) is 1. The topological polar surface area (TPSA) is 35.6 Å². The molecule has 0 aromatic rings. The molecule has 1 aliphatic heterocycles. The van der Waals surface area contributed by atoms with Gasteiger partial charge in [0.05, 0.1) is 6.04 Å². The van der Waals surface area contributed by atoms with Crippen LogP contribution in [0.25, 0.3) is 0 Å². The lowest BCUT2D eigenvalue weighted by Gasteiger charge is -2.40. The molecule has 1 saturated heterocycles. The Balaban J connectivity index is 2.68. The summed E-state index contributed by atoms with van der Waals surface area (Å²) >= 11 is 0. The highest BCUT2D eigenvalue weighted by atomic mass is 16.2. The van der Waals surface area contributed by atoms with Gasteiger partial charge in [0, 0.05) is 25.2 Å². The van der Waals surface area contributed by atoms with Gasteiger partial charge < -0.3 is 15.1 Å². The molecule has 15 heavy (non-hydrogen) atoms. The Morgan fingerprint density at radius 1 is 1.53 bits per heavy atom. The molecule has 88 valence electrons. The van der Waals surface area contributed by atoms with Crippen LogP contribution >= 0.6 is 0 Å². The van der Waals surface area contributed by atoms with E-state index < -0.39 is 0 Å². The van der Waals surface area contributed by atoms with Gasteiger partial charge in [-0.2, -0.15) is 0 Å². The highest BCUT2D eigenvalue weighted by Gasteiger charge is 2.33. The van der Waals surface area contributed by atoms with Gasteiger partial charge in [-0.25, -0.2) is 0 Å². The number of rotatable bonds is 3. The van der Waals surface area contributed by atoms with E-state index in [1.54, 1.807) is 0 Å². The molecule has 1 aliphatic rings. The van der Waals surface area contributed by atoms with Crippen LogP contribution < -0.4 is 5.32 Å². The molecule has 1 amide bonds. The summed E-state index contributed by atoms with van der Waals surface area (Å²) in [5.41, 5.74) is 0. The molecule has 0 aromatic heterocycles. The van der Waals surface area contributed by atoms with Crippen molar-refractivity contribution >= 4 is 5.91 Å². The van der Waals surface area contributed by atoms with E-state index in [-0.39, 0.29) is 11.9 Å². The Morgan fingerprint density at radius 2 is 2.13 bits per heavy atom. The van der Waals surface area contributed by atoms with Crippen molar-refractivity contribution < 1.29 is 4.79 Å². The number of carbonyl (C=O) groups excluding carboxylic acids is 1. The Kier molecular flexibility index (Phi) is 4.11. The highest BCUT2D eigenvalue weighted by molar-refractivity contribution is 5.83. The highest BCUT2D eigenvalue weighted by Crippen LogP contribution is 2.10. The second-order valence-electron chi connectivity index (χ2n) is 4.97. The quantitative estimate of drug-likeness (QED) is 0.724. The minimum absolute atomic E-state index is 0.0499. The molecule has 0 spiro atoms. The monoisotopic (exact) mass is 213 g/mol. The fourth-order valence-electron chi connectivity index (χ4n) is 2.01. The van der Waals surface area contributed by atoms with Gasteiger partial charge in [-0.3, -0.25) is 4.79 Å². The lowest BCUT2D eigenvalue weighted by Crippen LogP contribution is -2.63. The summed E-state index contributed by atoms with van der Waals surface area (Å²) < 4.78 is 0. The number of piperazine rings is 1. The van der Waals surface area contributed by atoms with E-state index in [4.69, 9.17) is 0 Å². The maximum absolute atomic E-state index is 12.1. The first kappa shape index (κ1) is 12.5. The predicted octanol–water partition coefficient (Wildman–Crippen LogP) is 0.145. The molecule has 0 radical (unpaired) electrons. The fourth-order valence-corrected chi connectivity index (χ4v) is 2.01. The Labute approximate surface area is 92.6 Å². The molecule has 4 heteroatoms. The Morgan fingerprint density at radius 3 is 2.60 bits per heavy atom. The van der Waals surface area contributed by atoms with E-state index in [1.165, 1.54) is 0 Å². The van der Waals surface area contributed by atoms with Crippen molar-refractivity contribution in [3.63, 3.8) is 0 Å². The molecule has 0 aromatic carbocycles. The van der Waals surface area contributed by atoms with Crippen LogP contribution in [0, 0.1) is 0 Å². The largest absolute Gasteiger partial charge is 0.337 e. The van der Waals surface area contributed by atoms with Gasteiger partial charge in [0.25, 0.3) is 0 Å². The van der Waals surface area contributed by atoms with Gasteiger partial charge in [0.15, 0.2) is 0 Å². The van der Waals surface area contributed by atoms with Crippen molar-refractivity contribution in [3.05, 3.63) is 0 Å². The van der Waals surface area contributed by atoms with Gasteiger partial charge in [0.1, 0.15) is 0 Å². The third-order valence-corrected chi connectivity index (χ3v) is 2.71. The van der Waals surface area contributed by atoms with E-state index in [1.807, 2.05) is 23.9 Å². The van der Waals surface area contributed by atoms with Gasteiger partial charge in [-0.05, 0) is 34.9 Å². The summed E-state index contributed by atoms with van der Waals surface area (Å²) in [7, 11) is 3.99. The normalized spacial score (nSPS) is 27.9. The van der Waals surface area contributed by atoms with Crippen molar-refractivity contribution in [2.75, 3.05) is 27.2 Å². The first-order valence-corrected chi connectivity index (χ1v) is 5.63. The first-order chi connectivity index (χ1) is 6.91. The average Bonchev–Trinajstić information content (AvgIpc) is 2.09. The van der Waals surface area contributed by atoms with E-state index in [0.717, 1.165) is 13.1 Å². The first-order valence-electron chi connectivity index (χ1n) is 5.63. The van der Waals surface area contributed by atoms with Gasteiger partial charge in [-0.1, -0.05) is 0 Å². The van der Waals surface area contributed by atoms with Crippen LogP contribution in [-0.4, -0.2) is 61.0 Å². The van der Waals surface area contributed by atoms with Crippen molar-refractivity contribution in [2.24, 2.45) is 0 Å². The van der Waals surface area contributed by atoms with Crippen molar-refractivity contribution in [2.45, 2.75) is 38.9 Å². The van der Waals surface area contributed by atoms with Crippen LogP contribution in [0.5, 0.6) is 0 Å². The summed E-state index contributed by atoms with van der Waals surface area (Å²) in [6, 6.07) is 0.632. The zero-order chi connectivity index (χ0) is 11.6. The zero-order valence-electron chi connectivity index (χ0n) is 10.4. The number of amides is 1. The maximum atomic E-state index is 12.1. The van der Waals surface area contributed by atoms with Gasteiger partial charge >= 0.3 is 0 Å². The third kappa shape index (κ3) is 3.18. The molecule has 1 heterocycles. The molecule has 1 rings (SSSR count). The van der Waals surface area contributed by atoms with Crippen molar-refractivity contribution in [1.82, 2.24) is 15.1 Å². The molecule has 4 nitrogen and oxygen atoms in total. The SMILES string of the molecule is CC1CN(C(C)C)C(=O)C(CN(C)C)N1. The zero-order valence-corrected chi connectivity index (χ0v) is 10.4. The smallest absolute Gasteiger partial charge is 0.241 e. The Bertz CT molecular complexity index is 226. The number of carbonyl (C=O) groups is 1. The molecule has 0 bridgehead atoms. The lowest BCUT2D eigenvalue weighted by atomic mass is 10.1. The third-order valence-electron chi connectivity index (χ3n) is 2.71. The molecule has 1 fully saturated rings. The van der Waals surface area contributed by atoms with E-state index >= 15 is 0 Å². The van der Waals surface area contributed by atoms with Crippen molar-refractivity contribution in [3.8, 4) is 0 Å². The summed E-state index contributed by atoms with van der Waals surface area (Å²) in [6.07, 6.45) is 0. The second-order valence-corrected chi connectivity index (χ2v) is 4.97. The molecule has 1 N–H and O–H groups in total. The van der Waals surface area contributed by atoms with Gasteiger partial charge in [0.2, 0.25) is 5.91 Å². The lowest BCUT2D eigenvalue weighted by molar-refractivity contribution is -0.139. The molecular formula is C11H23N3O. The van der Waals surface area contributed by atoms with Crippen LogP contribution in [0.15, 0.2) is 0 Å². The summed E-state index contributed by atoms with van der Waals surface area (Å²) in [5.74, 6) is 0.233. The molecular weight excluding hydrogens is 190 g/mol. The van der Waals surface area contributed by atoms with E-state index in [9.17, 15) is 4.79 Å². The second kappa shape index (κ2) is 4.94. The van der Waals surface area contributed by atoms with E-state index in [2.05, 4.69) is 26.1 Å². The summed E-state index contributed by atoms with van der Waals surface area (Å²) in [6.45, 7) is 7.86. The van der Waals surface area contributed by atoms with Crippen LogP contribution in [0.4, 0.5) is 0 Å². The summed E-state index contributed by atoms with van der Waals surface area (Å²) in [4.78, 5) is 16.1. The van der Waals surface area contributed by atoms with Gasteiger partial charge in [-0.15, -0.1) is 0 Å². The average molecular weight is 213 g/mol. The molecule has 2 unspecified atom stereocenters. The molecule has 0 aliphatic carbocycles. The fraction of sp³-hybridized carbons (Fsp3) is 0.909. The molecule has 0 saturated carbocycles. The van der Waals surface area contributed by atoms with Crippen LogP contribution in [-0.2, 0) is 4.79 Å². The van der Waals surface area contributed by atoms with Crippen LogP contribution in [0.3, 0.4) is 0 Å². The minimum Gasteiger partial charge on any atom is -0.337 e. The number of nitrogens with one attached hydrogen (secondary N) is 1. The maximum Gasteiger partial charge on any atom is 0.241 e. The van der Waals surface area contributed by atoms with E-state index in [0.29, 0.717) is 12.1 Å². The summed E-state index contributed by atoms with van der Waals surface area (Å²) in [5, 5.41) is 3.35. The van der Waals surface area contributed by atoms with Crippen LogP contribution in [0.2, 0.25) is 0 Å². The number of nitrogens with zero attached hydrogens (tertiary/aromatic N) is 2. The minimum atomic E-state index is -0.0499. The predicted molar refractivity (Wildman–Crippen MR) is 61.8 cm³/mol. The van der Waals surface area contributed by atoms with Crippen LogP contribution in [0.1, 0.15) is 20.8 Å². The van der Waals surface area contributed by atoms with Crippen molar-refractivity contribution in [1.29, 1.82) is 0 Å². The number of hydrogen-bond acceptors (Lipinski definition) is 3. The Hall–Kier alpha value is -0.610. The number of likely N-dealkylation sites (N-methyl/N-ethyl adjacent to an activating group) is 1. The standard InChI is InChI=1S/C11H23N3O/c1-8(2)14-6-9(3)12-10(11(14)15)7-13(4)5/h8-10,12H,6-7H2,1-5H3. The molecule has 2 atom stereocenters.